The molecule has 0 aromatic rings. The number of hydrogen-bond acceptors (Lipinski definition) is 3. The molecule has 2 aliphatic heterocycles. The van der Waals surface area contributed by atoms with E-state index in [0.29, 0.717) is 6.54 Å². The molecule has 0 aromatic carbocycles. The van der Waals surface area contributed by atoms with Gasteiger partial charge in [0.1, 0.15) is 12.1 Å². The molecule has 21 heavy (non-hydrogen) atoms. The second-order valence-corrected chi connectivity index (χ2v) is 6.46. The maximum atomic E-state index is 12.7. The van der Waals surface area contributed by atoms with Crippen LogP contribution >= 0.6 is 0 Å². The zero-order valence-electron chi connectivity index (χ0n) is 13.5. The van der Waals surface area contributed by atoms with Crippen LogP contribution in [-0.4, -0.2) is 60.5 Å². The Labute approximate surface area is 127 Å². The Morgan fingerprint density at radius 2 is 1.95 bits per heavy atom. The number of amides is 2. The molecule has 120 valence electrons. The van der Waals surface area contributed by atoms with Crippen LogP contribution in [-0.2, 0) is 14.3 Å². The smallest absolute Gasteiger partial charge is 0.246 e. The Kier molecular flexibility index (Phi) is 5.62. The van der Waals surface area contributed by atoms with Gasteiger partial charge in [0.15, 0.2) is 0 Å². The summed E-state index contributed by atoms with van der Waals surface area (Å²) in [5.41, 5.74) is 0. The maximum Gasteiger partial charge on any atom is 0.246 e. The van der Waals surface area contributed by atoms with Gasteiger partial charge in [-0.05, 0) is 38.0 Å². The molecule has 2 heterocycles. The number of unbranched alkanes of at least 4 members (excludes halogenated alkanes) is 2. The Balaban J connectivity index is 2.01. The lowest BCUT2D eigenvalue weighted by atomic mass is 9.95. The first-order valence-corrected chi connectivity index (χ1v) is 8.17. The van der Waals surface area contributed by atoms with E-state index in [1.54, 1.807) is 7.11 Å². The molecule has 2 rings (SSSR count). The highest BCUT2D eigenvalue weighted by Gasteiger charge is 2.48. The van der Waals surface area contributed by atoms with E-state index >= 15 is 0 Å². The van der Waals surface area contributed by atoms with Gasteiger partial charge in [0.25, 0.3) is 0 Å². The SMILES string of the molecule is COCCCCCN1C(=O)C2CCCN2C(=O)C1C(C)C. The van der Waals surface area contributed by atoms with E-state index in [4.69, 9.17) is 4.74 Å². The highest BCUT2D eigenvalue weighted by Crippen LogP contribution is 2.30. The molecule has 5 nitrogen and oxygen atoms in total. The predicted molar refractivity (Wildman–Crippen MR) is 80.8 cm³/mol. The monoisotopic (exact) mass is 296 g/mol. The highest BCUT2D eigenvalue weighted by molar-refractivity contribution is 5.97. The van der Waals surface area contributed by atoms with Gasteiger partial charge in [0, 0.05) is 26.8 Å². The molecule has 0 bridgehead atoms. The molecule has 2 saturated heterocycles. The molecule has 0 aliphatic carbocycles. The van der Waals surface area contributed by atoms with Crippen molar-refractivity contribution >= 4 is 11.8 Å². The first-order chi connectivity index (χ1) is 10.1. The van der Waals surface area contributed by atoms with Crippen LogP contribution in [0.1, 0.15) is 46.0 Å². The topological polar surface area (TPSA) is 49.9 Å². The van der Waals surface area contributed by atoms with Crippen molar-refractivity contribution in [3.63, 3.8) is 0 Å². The third kappa shape index (κ3) is 3.39. The lowest BCUT2D eigenvalue weighted by Crippen LogP contribution is -2.64. The van der Waals surface area contributed by atoms with Gasteiger partial charge in [-0.15, -0.1) is 0 Å². The highest BCUT2D eigenvalue weighted by atomic mass is 16.5. The Morgan fingerprint density at radius 3 is 2.62 bits per heavy atom. The Morgan fingerprint density at radius 1 is 1.19 bits per heavy atom. The molecule has 0 N–H and O–H groups in total. The van der Waals surface area contributed by atoms with Crippen LogP contribution < -0.4 is 0 Å². The van der Waals surface area contributed by atoms with E-state index in [2.05, 4.69) is 0 Å². The van der Waals surface area contributed by atoms with Crippen LogP contribution in [0, 0.1) is 5.92 Å². The number of carbonyl (C=O) groups excluding carboxylic acids is 2. The van der Waals surface area contributed by atoms with Crippen LogP contribution in [0.5, 0.6) is 0 Å². The molecule has 2 unspecified atom stereocenters. The molecule has 5 heteroatoms. The predicted octanol–water partition coefficient (Wildman–Crippen LogP) is 1.66. The van der Waals surface area contributed by atoms with Gasteiger partial charge in [0.2, 0.25) is 11.8 Å². The van der Waals surface area contributed by atoms with Crippen molar-refractivity contribution < 1.29 is 14.3 Å². The van der Waals surface area contributed by atoms with Gasteiger partial charge in [-0.3, -0.25) is 9.59 Å². The molecule has 2 amide bonds. The summed E-state index contributed by atoms with van der Waals surface area (Å²) in [4.78, 5) is 29.0. The second-order valence-electron chi connectivity index (χ2n) is 6.46. The fourth-order valence-corrected chi connectivity index (χ4v) is 3.52. The average Bonchev–Trinajstić information content (AvgIpc) is 2.93. The summed E-state index contributed by atoms with van der Waals surface area (Å²) in [6.07, 6.45) is 4.77. The second kappa shape index (κ2) is 7.25. The quantitative estimate of drug-likeness (QED) is 0.671. The number of hydrogen-bond donors (Lipinski definition) is 0. The molecule has 2 aliphatic rings. The number of ether oxygens (including phenoxy) is 1. The van der Waals surface area contributed by atoms with Crippen molar-refractivity contribution in [1.82, 2.24) is 9.80 Å². The van der Waals surface area contributed by atoms with Gasteiger partial charge in [-0.2, -0.15) is 0 Å². The number of carbonyl (C=O) groups is 2. The van der Waals surface area contributed by atoms with E-state index in [0.717, 1.165) is 45.3 Å². The summed E-state index contributed by atoms with van der Waals surface area (Å²) in [7, 11) is 1.70. The minimum Gasteiger partial charge on any atom is -0.385 e. The maximum absolute atomic E-state index is 12.7. The molecule has 2 fully saturated rings. The molecule has 0 saturated carbocycles. The standard InChI is InChI=1S/C16H28N2O3/c1-12(2)14-16(20)17-10-7-8-13(17)15(19)18(14)9-5-4-6-11-21-3/h12-14H,4-11H2,1-3H3. The fraction of sp³-hybridized carbons (Fsp3) is 0.875. The summed E-state index contributed by atoms with van der Waals surface area (Å²) in [6, 6.07) is -0.458. The molecular weight excluding hydrogens is 268 g/mol. The molecule has 0 spiro atoms. The van der Waals surface area contributed by atoms with Gasteiger partial charge in [-0.1, -0.05) is 13.8 Å². The van der Waals surface area contributed by atoms with Gasteiger partial charge >= 0.3 is 0 Å². The molecule has 2 atom stereocenters. The number of methoxy groups -OCH3 is 1. The normalized spacial score (nSPS) is 25.9. The largest absolute Gasteiger partial charge is 0.385 e. The summed E-state index contributed by atoms with van der Waals surface area (Å²) >= 11 is 0. The summed E-state index contributed by atoms with van der Waals surface area (Å²) in [5, 5.41) is 0. The van der Waals surface area contributed by atoms with Crippen LogP contribution in [0.3, 0.4) is 0 Å². The first-order valence-electron chi connectivity index (χ1n) is 8.17. The van der Waals surface area contributed by atoms with E-state index in [1.807, 2.05) is 23.6 Å². The van der Waals surface area contributed by atoms with Gasteiger partial charge in [-0.25, -0.2) is 0 Å². The zero-order chi connectivity index (χ0) is 15.4. The number of piperazine rings is 1. The minimum absolute atomic E-state index is 0.156. The average molecular weight is 296 g/mol. The van der Waals surface area contributed by atoms with Crippen LogP contribution in [0.25, 0.3) is 0 Å². The zero-order valence-corrected chi connectivity index (χ0v) is 13.5. The number of rotatable bonds is 7. The van der Waals surface area contributed by atoms with Crippen molar-refractivity contribution in [2.75, 3.05) is 26.8 Å². The van der Waals surface area contributed by atoms with E-state index in [1.165, 1.54) is 0 Å². The third-order valence-corrected chi connectivity index (χ3v) is 4.57. The lowest BCUT2D eigenvalue weighted by Gasteiger charge is -2.44. The number of fused-ring (bicyclic) bond motifs is 1. The van der Waals surface area contributed by atoms with E-state index in [9.17, 15) is 9.59 Å². The van der Waals surface area contributed by atoms with E-state index in [-0.39, 0.29) is 29.8 Å². The summed E-state index contributed by atoms with van der Waals surface area (Å²) < 4.78 is 5.05. The van der Waals surface area contributed by atoms with Crippen LogP contribution in [0.15, 0.2) is 0 Å². The van der Waals surface area contributed by atoms with Gasteiger partial charge < -0.3 is 14.5 Å². The van der Waals surface area contributed by atoms with Crippen molar-refractivity contribution in [2.45, 2.75) is 58.0 Å². The fourth-order valence-electron chi connectivity index (χ4n) is 3.52. The van der Waals surface area contributed by atoms with Crippen molar-refractivity contribution in [2.24, 2.45) is 5.92 Å². The van der Waals surface area contributed by atoms with Crippen molar-refractivity contribution in [3.05, 3.63) is 0 Å². The van der Waals surface area contributed by atoms with Crippen LogP contribution in [0.4, 0.5) is 0 Å². The number of nitrogens with zero attached hydrogens (tertiary/aromatic N) is 2. The molecular formula is C16H28N2O3. The third-order valence-electron chi connectivity index (χ3n) is 4.57. The molecule has 0 aromatic heterocycles. The van der Waals surface area contributed by atoms with E-state index < -0.39 is 0 Å². The van der Waals surface area contributed by atoms with Gasteiger partial charge in [0.05, 0.1) is 0 Å². The Bertz CT molecular complexity index is 384. The Hall–Kier alpha value is -1.10. The first kappa shape index (κ1) is 16.3. The molecule has 0 radical (unpaired) electrons. The summed E-state index contributed by atoms with van der Waals surface area (Å²) in [5.74, 6) is 0.489. The summed E-state index contributed by atoms with van der Waals surface area (Å²) in [6.45, 7) is 6.27. The minimum atomic E-state index is -0.269. The lowest BCUT2D eigenvalue weighted by molar-refractivity contribution is -0.161. The van der Waals surface area contributed by atoms with Crippen LogP contribution in [0.2, 0.25) is 0 Å². The van der Waals surface area contributed by atoms with Crippen molar-refractivity contribution in [1.29, 1.82) is 0 Å². The van der Waals surface area contributed by atoms with Crippen molar-refractivity contribution in [3.8, 4) is 0 Å².